The number of carbonyl (C=O) groups is 1. The van der Waals surface area contributed by atoms with E-state index in [1.807, 2.05) is 30.5 Å². The van der Waals surface area contributed by atoms with Gasteiger partial charge in [0.1, 0.15) is 0 Å². The van der Waals surface area contributed by atoms with Gasteiger partial charge in [-0.05, 0) is 13.8 Å². The van der Waals surface area contributed by atoms with E-state index in [-0.39, 0.29) is 5.91 Å². The van der Waals surface area contributed by atoms with Crippen molar-refractivity contribution in [3.8, 4) is 0 Å². The predicted molar refractivity (Wildman–Crippen MR) is 72.5 cm³/mol. The summed E-state index contributed by atoms with van der Waals surface area (Å²) >= 11 is 1.93. The molecule has 0 saturated carbocycles. The molecule has 1 unspecified atom stereocenters. The molecular formula is C12H24N2O2S. The normalized spacial score (nSPS) is 20.2. The first-order chi connectivity index (χ1) is 8.27. The summed E-state index contributed by atoms with van der Waals surface area (Å²) in [5.74, 6) is 2.45. The molecule has 0 aromatic rings. The number of nitrogens with one attached hydrogen (secondary N) is 1. The van der Waals surface area contributed by atoms with Crippen molar-refractivity contribution < 1.29 is 9.53 Å². The standard InChI is InChI=1S/C12H24N2O2S/c1-3-14(6-7-16-4-2)12(15)9-11-10-17-8-5-13-11/h11,13H,3-10H2,1-2H3. The van der Waals surface area contributed by atoms with Gasteiger partial charge in [0.25, 0.3) is 0 Å². The van der Waals surface area contributed by atoms with Crippen LogP contribution in [0.4, 0.5) is 0 Å². The fourth-order valence-corrected chi connectivity index (χ4v) is 2.82. The van der Waals surface area contributed by atoms with Gasteiger partial charge in [0, 0.05) is 50.2 Å². The number of hydrogen-bond acceptors (Lipinski definition) is 4. The SMILES string of the molecule is CCOCCN(CC)C(=O)CC1CSCCN1. The van der Waals surface area contributed by atoms with Crippen molar-refractivity contribution >= 4 is 17.7 Å². The molecule has 1 atom stereocenters. The molecule has 0 aromatic heterocycles. The van der Waals surface area contributed by atoms with Crippen molar-refractivity contribution in [2.75, 3.05) is 44.4 Å². The second-order valence-electron chi connectivity index (χ2n) is 4.10. The van der Waals surface area contributed by atoms with Crippen LogP contribution in [0.5, 0.6) is 0 Å². The number of thioether (sulfide) groups is 1. The number of hydrogen-bond donors (Lipinski definition) is 1. The molecule has 1 aliphatic heterocycles. The number of carbonyl (C=O) groups excluding carboxylic acids is 1. The van der Waals surface area contributed by atoms with Gasteiger partial charge in [-0.1, -0.05) is 0 Å². The Morgan fingerprint density at radius 1 is 1.53 bits per heavy atom. The van der Waals surface area contributed by atoms with E-state index in [4.69, 9.17) is 4.74 Å². The van der Waals surface area contributed by atoms with E-state index in [0.29, 0.717) is 32.2 Å². The molecule has 0 aromatic carbocycles. The lowest BCUT2D eigenvalue weighted by atomic mass is 10.2. The monoisotopic (exact) mass is 260 g/mol. The lowest BCUT2D eigenvalue weighted by Gasteiger charge is -2.26. The van der Waals surface area contributed by atoms with Gasteiger partial charge in [0.05, 0.1) is 6.61 Å². The Kier molecular flexibility index (Phi) is 7.64. The molecule has 1 saturated heterocycles. The minimum atomic E-state index is 0.243. The molecule has 1 heterocycles. The predicted octanol–water partition coefficient (Wildman–Crippen LogP) is 0.967. The highest BCUT2D eigenvalue weighted by Crippen LogP contribution is 2.11. The Labute approximate surface area is 108 Å². The molecule has 1 amide bonds. The zero-order chi connectivity index (χ0) is 12.5. The lowest BCUT2D eigenvalue weighted by Crippen LogP contribution is -2.43. The fraction of sp³-hybridized carbons (Fsp3) is 0.917. The first kappa shape index (κ1) is 14.8. The first-order valence-corrected chi connectivity index (χ1v) is 7.60. The van der Waals surface area contributed by atoms with Crippen LogP contribution < -0.4 is 5.32 Å². The summed E-state index contributed by atoms with van der Waals surface area (Å²) in [6, 6.07) is 0.349. The Morgan fingerprint density at radius 2 is 2.35 bits per heavy atom. The van der Waals surface area contributed by atoms with Gasteiger partial charge < -0.3 is 15.0 Å². The molecular weight excluding hydrogens is 236 g/mol. The highest BCUT2D eigenvalue weighted by molar-refractivity contribution is 7.99. The number of amides is 1. The van der Waals surface area contributed by atoms with Gasteiger partial charge in [0.2, 0.25) is 5.91 Å². The maximum absolute atomic E-state index is 12.1. The van der Waals surface area contributed by atoms with Gasteiger partial charge in [0.15, 0.2) is 0 Å². The van der Waals surface area contributed by atoms with E-state index >= 15 is 0 Å². The highest BCUT2D eigenvalue weighted by atomic mass is 32.2. The van der Waals surface area contributed by atoms with Crippen LogP contribution >= 0.6 is 11.8 Å². The molecule has 0 spiro atoms. The van der Waals surface area contributed by atoms with E-state index in [0.717, 1.165) is 24.6 Å². The Hall–Kier alpha value is -0.260. The van der Waals surface area contributed by atoms with Crippen molar-refractivity contribution in [3.63, 3.8) is 0 Å². The number of nitrogens with zero attached hydrogens (tertiary/aromatic N) is 1. The summed E-state index contributed by atoms with van der Waals surface area (Å²) < 4.78 is 5.29. The summed E-state index contributed by atoms with van der Waals surface area (Å²) in [5, 5.41) is 3.40. The minimum Gasteiger partial charge on any atom is -0.380 e. The third kappa shape index (κ3) is 5.75. The zero-order valence-corrected chi connectivity index (χ0v) is 11.7. The summed E-state index contributed by atoms with van der Waals surface area (Å²) in [6.07, 6.45) is 0.618. The van der Waals surface area contributed by atoms with E-state index in [9.17, 15) is 4.79 Å². The topological polar surface area (TPSA) is 41.6 Å². The molecule has 0 radical (unpaired) electrons. The fourth-order valence-electron chi connectivity index (χ4n) is 1.87. The van der Waals surface area contributed by atoms with Crippen molar-refractivity contribution in [2.24, 2.45) is 0 Å². The number of ether oxygens (including phenoxy) is 1. The molecule has 1 aliphatic rings. The Balaban J connectivity index is 2.26. The zero-order valence-electron chi connectivity index (χ0n) is 10.9. The van der Waals surface area contributed by atoms with E-state index in [2.05, 4.69) is 5.32 Å². The van der Waals surface area contributed by atoms with Crippen LogP contribution in [0.3, 0.4) is 0 Å². The molecule has 1 rings (SSSR count). The van der Waals surface area contributed by atoms with Crippen molar-refractivity contribution in [2.45, 2.75) is 26.3 Å². The van der Waals surface area contributed by atoms with E-state index in [1.165, 1.54) is 0 Å². The average molecular weight is 260 g/mol. The highest BCUT2D eigenvalue weighted by Gasteiger charge is 2.19. The Morgan fingerprint density at radius 3 is 2.94 bits per heavy atom. The van der Waals surface area contributed by atoms with Gasteiger partial charge in [-0.25, -0.2) is 0 Å². The largest absolute Gasteiger partial charge is 0.380 e. The van der Waals surface area contributed by atoms with E-state index in [1.54, 1.807) is 0 Å². The third-order valence-electron chi connectivity index (χ3n) is 2.86. The Bertz CT molecular complexity index is 221. The molecule has 5 heteroatoms. The van der Waals surface area contributed by atoms with Crippen LogP contribution in [-0.4, -0.2) is 61.2 Å². The minimum absolute atomic E-state index is 0.243. The number of likely N-dealkylation sites (N-methyl/N-ethyl adjacent to an activating group) is 1. The van der Waals surface area contributed by atoms with Crippen LogP contribution in [0.25, 0.3) is 0 Å². The maximum atomic E-state index is 12.1. The van der Waals surface area contributed by atoms with Gasteiger partial charge in [-0.3, -0.25) is 4.79 Å². The van der Waals surface area contributed by atoms with Gasteiger partial charge >= 0.3 is 0 Å². The molecule has 17 heavy (non-hydrogen) atoms. The smallest absolute Gasteiger partial charge is 0.224 e. The van der Waals surface area contributed by atoms with Crippen LogP contribution in [-0.2, 0) is 9.53 Å². The summed E-state index contributed by atoms with van der Waals surface area (Å²) in [4.78, 5) is 13.9. The molecule has 0 bridgehead atoms. The first-order valence-electron chi connectivity index (χ1n) is 6.44. The second-order valence-corrected chi connectivity index (χ2v) is 5.25. The van der Waals surface area contributed by atoms with Crippen molar-refractivity contribution in [1.29, 1.82) is 0 Å². The molecule has 1 fully saturated rings. The van der Waals surface area contributed by atoms with Crippen LogP contribution in [0, 0.1) is 0 Å². The van der Waals surface area contributed by atoms with E-state index < -0.39 is 0 Å². The van der Waals surface area contributed by atoms with Crippen molar-refractivity contribution in [1.82, 2.24) is 10.2 Å². The molecule has 4 nitrogen and oxygen atoms in total. The number of rotatable bonds is 7. The molecule has 1 N–H and O–H groups in total. The van der Waals surface area contributed by atoms with Crippen LogP contribution in [0.1, 0.15) is 20.3 Å². The maximum Gasteiger partial charge on any atom is 0.224 e. The van der Waals surface area contributed by atoms with Gasteiger partial charge in [-0.15, -0.1) is 0 Å². The quantitative estimate of drug-likeness (QED) is 0.693. The summed E-state index contributed by atoms with van der Waals surface area (Å²) in [7, 11) is 0. The lowest BCUT2D eigenvalue weighted by molar-refractivity contribution is -0.132. The average Bonchev–Trinajstić information content (AvgIpc) is 2.36. The molecule has 100 valence electrons. The van der Waals surface area contributed by atoms with Crippen molar-refractivity contribution in [3.05, 3.63) is 0 Å². The third-order valence-corrected chi connectivity index (χ3v) is 3.99. The van der Waals surface area contributed by atoms with Gasteiger partial charge in [-0.2, -0.15) is 11.8 Å². The summed E-state index contributed by atoms with van der Waals surface area (Å²) in [6.45, 7) is 7.85. The second kappa shape index (κ2) is 8.78. The molecule has 0 aliphatic carbocycles. The van der Waals surface area contributed by atoms with Crippen LogP contribution in [0.15, 0.2) is 0 Å². The van der Waals surface area contributed by atoms with Crippen LogP contribution in [0.2, 0.25) is 0 Å². The summed E-state index contributed by atoms with van der Waals surface area (Å²) in [5.41, 5.74) is 0.